The van der Waals surface area contributed by atoms with Crippen molar-refractivity contribution < 1.29 is 26.3 Å². The molecule has 0 bridgehead atoms. The first-order valence-corrected chi connectivity index (χ1v) is 14.0. The highest BCUT2D eigenvalue weighted by Gasteiger charge is 2.33. The van der Waals surface area contributed by atoms with E-state index >= 15 is 0 Å². The van der Waals surface area contributed by atoms with Gasteiger partial charge in [0.05, 0.1) is 34.1 Å². The second-order valence-corrected chi connectivity index (χ2v) is 11.2. The van der Waals surface area contributed by atoms with Crippen LogP contribution in [0.25, 0.3) is 11.0 Å². The minimum atomic E-state index is -4.44. The van der Waals surface area contributed by atoms with E-state index in [0.29, 0.717) is 36.9 Å². The van der Waals surface area contributed by atoms with E-state index in [1.165, 1.54) is 28.2 Å². The molecule has 2 aromatic carbocycles. The molecule has 3 aromatic rings. The van der Waals surface area contributed by atoms with Gasteiger partial charge in [0.2, 0.25) is 10.0 Å². The molecule has 0 radical (unpaired) electrons. The Morgan fingerprint density at radius 1 is 1.17 bits per heavy atom. The summed E-state index contributed by atoms with van der Waals surface area (Å²) in [7, 11) is -3.67. The molecule has 1 atom stereocenters. The number of rotatable bonds is 9. The standard InChI is InChI=1S/C24H28F3N3O3S2/c1-3-29(4-2)35(31,32)19-11-12-22-21(14-19)28-23(30(22)15-18-9-7-13-33-18)34-16-17-8-5-6-10-20(17)24(25,26)27/h5-6,8,10-12,14,18H,3-4,7,9,13,15-16H2,1-2H3/t18-/m1/s1. The lowest BCUT2D eigenvalue weighted by molar-refractivity contribution is -0.138. The van der Waals surface area contributed by atoms with Crippen LogP contribution in [0, 0.1) is 0 Å². The van der Waals surface area contributed by atoms with Crippen LogP contribution >= 0.6 is 11.8 Å². The molecule has 4 rings (SSSR count). The molecule has 190 valence electrons. The number of ether oxygens (including phenoxy) is 1. The second kappa shape index (κ2) is 10.5. The minimum Gasteiger partial charge on any atom is -0.376 e. The Morgan fingerprint density at radius 2 is 1.91 bits per heavy atom. The number of fused-ring (bicyclic) bond motifs is 1. The normalized spacial score (nSPS) is 17.0. The molecule has 0 amide bonds. The fourth-order valence-corrected chi connectivity index (χ4v) is 6.81. The van der Waals surface area contributed by atoms with Crippen LogP contribution in [0.3, 0.4) is 0 Å². The first kappa shape index (κ1) is 26.0. The highest BCUT2D eigenvalue weighted by Crippen LogP contribution is 2.36. The average Bonchev–Trinajstić information content (AvgIpc) is 3.46. The van der Waals surface area contributed by atoms with Gasteiger partial charge in [-0.05, 0) is 42.7 Å². The average molecular weight is 528 g/mol. The van der Waals surface area contributed by atoms with E-state index in [1.54, 1.807) is 38.1 Å². The first-order chi connectivity index (χ1) is 16.6. The molecule has 0 saturated carbocycles. The zero-order valence-corrected chi connectivity index (χ0v) is 21.2. The van der Waals surface area contributed by atoms with Crippen molar-refractivity contribution in [3.8, 4) is 0 Å². The third-order valence-corrected chi connectivity index (χ3v) is 9.19. The van der Waals surface area contributed by atoms with Crippen molar-refractivity contribution in [1.82, 2.24) is 13.9 Å². The van der Waals surface area contributed by atoms with Crippen molar-refractivity contribution in [2.75, 3.05) is 19.7 Å². The molecule has 1 aliphatic heterocycles. The van der Waals surface area contributed by atoms with E-state index in [-0.39, 0.29) is 22.3 Å². The van der Waals surface area contributed by atoms with E-state index < -0.39 is 21.8 Å². The number of alkyl halides is 3. The number of hydrogen-bond acceptors (Lipinski definition) is 5. The van der Waals surface area contributed by atoms with Crippen molar-refractivity contribution in [1.29, 1.82) is 0 Å². The minimum absolute atomic E-state index is 0.0201. The summed E-state index contributed by atoms with van der Waals surface area (Å²) in [5.74, 6) is 0.0785. The number of sulfonamides is 1. The molecule has 0 spiro atoms. The van der Waals surface area contributed by atoms with Gasteiger partial charge in [0.1, 0.15) is 0 Å². The van der Waals surface area contributed by atoms with Crippen LogP contribution in [-0.2, 0) is 33.2 Å². The number of hydrogen-bond donors (Lipinski definition) is 0. The number of halogens is 3. The van der Waals surface area contributed by atoms with Gasteiger partial charge in [0, 0.05) is 25.4 Å². The Hall–Kier alpha value is -2.08. The fourth-order valence-electron chi connectivity index (χ4n) is 4.30. The predicted octanol–water partition coefficient (Wildman–Crippen LogP) is 5.56. The Bertz CT molecular complexity index is 1280. The Morgan fingerprint density at radius 3 is 2.57 bits per heavy atom. The highest BCUT2D eigenvalue weighted by atomic mass is 32.2. The van der Waals surface area contributed by atoms with Crippen molar-refractivity contribution >= 4 is 32.8 Å². The first-order valence-electron chi connectivity index (χ1n) is 11.5. The molecule has 1 aromatic heterocycles. The molecule has 1 saturated heterocycles. The van der Waals surface area contributed by atoms with Crippen LogP contribution in [0.2, 0.25) is 0 Å². The number of nitrogens with zero attached hydrogens (tertiary/aromatic N) is 3. The summed E-state index contributed by atoms with van der Waals surface area (Å²) >= 11 is 1.20. The van der Waals surface area contributed by atoms with Crippen LogP contribution in [-0.4, -0.2) is 48.1 Å². The van der Waals surface area contributed by atoms with E-state index in [4.69, 9.17) is 4.74 Å². The monoisotopic (exact) mass is 527 g/mol. The van der Waals surface area contributed by atoms with Crippen LogP contribution < -0.4 is 0 Å². The number of imidazole rings is 1. The maximum atomic E-state index is 13.5. The summed E-state index contributed by atoms with van der Waals surface area (Å²) in [6, 6.07) is 10.3. The number of thioether (sulfide) groups is 1. The summed E-state index contributed by atoms with van der Waals surface area (Å²) in [6.45, 7) is 5.44. The van der Waals surface area contributed by atoms with Crippen LogP contribution in [0.5, 0.6) is 0 Å². The van der Waals surface area contributed by atoms with E-state index in [1.807, 2.05) is 4.57 Å². The lowest BCUT2D eigenvalue weighted by Crippen LogP contribution is -2.30. The molecule has 6 nitrogen and oxygen atoms in total. The third-order valence-electron chi connectivity index (χ3n) is 6.12. The number of benzene rings is 2. The molecule has 0 aliphatic carbocycles. The quantitative estimate of drug-likeness (QED) is 0.341. The second-order valence-electron chi connectivity index (χ2n) is 8.32. The molecule has 2 heterocycles. The maximum Gasteiger partial charge on any atom is 0.416 e. The lowest BCUT2D eigenvalue weighted by atomic mass is 10.1. The van der Waals surface area contributed by atoms with Gasteiger partial charge in [-0.3, -0.25) is 0 Å². The Kier molecular flexibility index (Phi) is 7.80. The van der Waals surface area contributed by atoms with Crippen LogP contribution in [0.1, 0.15) is 37.8 Å². The van der Waals surface area contributed by atoms with Gasteiger partial charge in [-0.2, -0.15) is 17.5 Å². The van der Waals surface area contributed by atoms with Gasteiger partial charge in [-0.15, -0.1) is 0 Å². The van der Waals surface area contributed by atoms with Crippen molar-refractivity contribution in [3.63, 3.8) is 0 Å². The number of aromatic nitrogens is 2. The fraction of sp³-hybridized carbons (Fsp3) is 0.458. The molecular weight excluding hydrogens is 499 g/mol. The zero-order valence-electron chi connectivity index (χ0n) is 19.6. The predicted molar refractivity (Wildman–Crippen MR) is 130 cm³/mol. The van der Waals surface area contributed by atoms with Crippen molar-refractivity contribution in [3.05, 3.63) is 53.6 Å². The smallest absolute Gasteiger partial charge is 0.376 e. The summed E-state index contributed by atoms with van der Waals surface area (Å²) in [5.41, 5.74) is 0.723. The molecule has 0 N–H and O–H groups in total. The molecule has 1 fully saturated rings. The third kappa shape index (κ3) is 5.52. The summed E-state index contributed by atoms with van der Waals surface area (Å²) < 4.78 is 75.5. The molecule has 35 heavy (non-hydrogen) atoms. The summed E-state index contributed by atoms with van der Waals surface area (Å²) in [6.07, 6.45) is -2.63. The molecular formula is C24H28F3N3O3S2. The van der Waals surface area contributed by atoms with Crippen molar-refractivity contribution in [2.24, 2.45) is 0 Å². The van der Waals surface area contributed by atoms with Gasteiger partial charge in [0.15, 0.2) is 5.16 Å². The van der Waals surface area contributed by atoms with E-state index in [0.717, 1.165) is 24.4 Å². The molecule has 0 unspecified atom stereocenters. The van der Waals surface area contributed by atoms with Crippen LogP contribution in [0.4, 0.5) is 13.2 Å². The molecule has 11 heteroatoms. The van der Waals surface area contributed by atoms with Gasteiger partial charge < -0.3 is 9.30 Å². The maximum absolute atomic E-state index is 13.5. The summed E-state index contributed by atoms with van der Waals surface area (Å²) in [5, 5.41) is 0.532. The van der Waals surface area contributed by atoms with Crippen LogP contribution in [0.15, 0.2) is 52.5 Å². The van der Waals surface area contributed by atoms with Gasteiger partial charge >= 0.3 is 6.18 Å². The SMILES string of the molecule is CCN(CC)S(=O)(=O)c1ccc2c(c1)nc(SCc1ccccc1C(F)(F)F)n2C[C@H]1CCCO1. The van der Waals surface area contributed by atoms with E-state index in [9.17, 15) is 21.6 Å². The molecule has 1 aliphatic rings. The van der Waals surface area contributed by atoms with Crippen molar-refractivity contribution in [2.45, 2.75) is 61.3 Å². The Labute approximate surface area is 207 Å². The topological polar surface area (TPSA) is 64.4 Å². The van der Waals surface area contributed by atoms with E-state index in [2.05, 4.69) is 4.98 Å². The largest absolute Gasteiger partial charge is 0.416 e. The Balaban J connectivity index is 1.71. The van der Waals surface area contributed by atoms with Gasteiger partial charge in [-0.1, -0.05) is 43.8 Å². The zero-order chi connectivity index (χ0) is 25.2. The van der Waals surface area contributed by atoms with Gasteiger partial charge in [-0.25, -0.2) is 13.4 Å². The van der Waals surface area contributed by atoms with Gasteiger partial charge in [0.25, 0.3) is 0 Å². The highest BCUT2D eigenvalue weighted by molar-refractivity contribution is 7.98. The summed E-state index contributed by atoms with van der Waals surface area (Å²) in [4.78, 5) is 4.80. The lowest BCUT2D eigenvalue weighted by Gasteiger charge is -2.18.